The summed E-state index contributed by atoms with van der Waals surface area (Å²) in [5.41, 5.74) is 6.12. The normalized spacial score (nSPS) is 10.4. The van der Waals surface area contributed by atoms with Crippen molar-refractivity contribution in [3.8, 4) is 10.7 Å². The van der Waals surface area contributed by atoms with E-state index >= 15 is 0 Å². The SMILES string of the molecule is NC(=O)Nc1cccc(NC(=O)CCc2nc(-c3cccs3)no2)c1. The molecular weight excluding hydrogens is 342 g/mol. The first kappa shape index (κ1) is 16.7. The molecule has 0 fully saturated rings. The summed E-state index contributed by atoms with van der Waals surface area (Å²) in [6.07, 6.45) is 0.531. The standard InChI is InChI=1S/C16H15N5O3S/c17-16(23)19-11-4-1-3-10(9-11)18-13(22)6-7-14-20-15(21-24-14)12-5-2-8-25-12/h1-5,8-9H,6-7H2,(H,18,22)(H3,17,19,23). The molecule has 1 aromatic carbocycles. The van der Waals surface area contributed by atoms with Gasteiger partial charge in [0.05, 0.1) is 4.88 Å². The van der Waals surface area contributed by atoms with Crippen LogP contribution in [0.25, 0.3) is 10.7 Å². The zero-order valence-corrected chi connectivity index (χ0v) is 13.9. The fraction of sp³-hybridized carbons (Fsp3) is 0.125. The number of nitrogens with zero attached hydrogens (tertiary/aromatic N) is 2. The second-order valence-corrected chi connectivity index (χ2v) is 6.05. The largest absolute Gasteiger partial charge is 0.351 e. The highest BCUT2D eigenvalue weighted by Crippen LogP contribution is 2.21. The number of nitrogens with one attached hydrogen (secondary N) is 2. The Balaban J connectivity index is 1.54. The van der Waals surface area contributed by atoms with Crippen molar-refractivity contribution < 1.29 is 14.1 Å². The summed E-state index contributed by atoms with van der Waals surface area (Å²) in [6, 6.07) is 9.85. The zero-order chi connectivity index (χ0) is 17.6. The third kappa shape index (κ3) is 4.64. The van der Waals surface area contributed by atoms with Crippen LogP contribution >= 0.6 is 11.3 Å². The van der Waals surface area contributed by atoms with E-state index in [1.807, 2.05) is 17.5 Å². The first-order chi connectivity index (χ1) is 12.1. The number of amides is 3. The molecule has 0 bridgehead atoms. The van der Waals surface area contributed by atoms with E-state index in [1.165, 1.54) is 11.3 Å². The van der Waals surface area contributed by atoms with Crippen LogP contribution in [0.4, 0.5) is 16.2 Å². The molecule has 2 heterocycles. The molecule has 0 unspecified atom stereocenters. The zero-order valence-electron chi connectivity index (χ0n) is 13.1. The second kappa shape index (κ2) is 7.58. The Hall–Kier alpha value is -3.20. The predicted octanol–water partition coefficient (Wildman–Crippen LogP) is 2.86. The van der Waals surface area contributed by atoms with E-state index in [4.69, 9.17) is 10.3 Å². The molecular formula is C16H15N5O3S. The van der Waals surface area contributed by atoms with Crippen molar-refractivity contribution in [2.24, 2.45) is 5.73 Å². The Morgan fingerprint density at radius 2 is 1.96 bits per heavy atom. The van der Waals surface area contributed by atoms with Crippen LogP contribution in [0.5, 0.6) is 0 Å². The minimum absolute atomic E-state index is 0.194. The molecule has 0 spiro atoms. The maximum absolute atomic E-state index is 12.0. The van der Waals surface area contributed by atoms with Crippen LogP contribution in [0.3, 0.4) is 0 Å². The number of primary amides is 1. The van der Waals surface area contributed by atoms with Crippen LogP contribution in [-0.4, -0.2) is 22.1 Å². The van der Waals surface area contributed by atoms with Gasteiger partial charge in [0, 0.05) is 24.2 Å². The van der Waals surface area contributed by atoms with Crippen LogP contribution in [0.15, 0.2) is 46.3 Å². The van der Waals surface area contributed by atoms with Gasteiger partial charge in [-0.2, -0.15) is 4.98 Å². The molecule has 0 atom stereocenters. The number of carbonyl (C=O) groups excluding carboxylic acids is 2. The summed E-state index contributed by atoms with van der Waals surface area (Å²) < 4.78 is 5.16. The lowest BCUT2D eigenvalue weighted by molar-refractivity contribution is -0.116. The number of anilines is 2. The molecule has 0 saturated carbocycles. The lowest BCUT2D eigenvalue weighted by Gasteiger charge is -2.07. The van der Waals surface area contributed by atoms with Crippen LogP contribution in [0.1, 0.15) is 12.3 Å². The monoisotopic (exact) mass is 357 g/mol. The Kier molecular flexibility index (Phi) is 5.05. The fourth-order valence-corrected chi connectivity index (χ4v) is 2.77. The number of urea groups is 1. The van der Waals surface area contributed by atoms with Gasteiger partial charge < -0.3 is 20.9 Å². The molecule has 2 aromatic heterocycles. The van der Waals surface area contributed by atoms with Gasteiger partial charge in [0.2, 0.25) is 17.6 Å². The molecule has 0 aliphatic heterocycles. The minimum Gasteiger partial charge on any atom is -0.351 e. The third-order valence-corrected chi connectivity index (χ3v) is 4.06. The van der Waals surface area contributed by atoms with Gasteiger partial charge in [-0.25, -0.2) is 4.79 Å². The number of aromatic nitrogens is 2. The second-order valence-electron chi connectivity index (χ2n) is 5.11. The lowest BCUT2D eigenvalue weighted by atomic mass is 10.2. The van der Waals surface area contributed by atoms with Gasteiger partial charge in [0.15, 0.2) is 0 Å². The highest BCUT2D eigenvalue weighted by Gasteiger charge is 2.11. The first-order valence-corrected chi connectivity index (χ1v) is 8.31. The number of aryl methyl sites for hydroxylation is 1. The van der Waals surface area contributed by atoms with Crippen LogP contribution in [0, 0.1) is 0 Å². The summed E-state index contributed by atoms with van der Waals surface area (Å²) in [4.78, 5) is 28.1. The minimum atomic E-state index is -0.665. The van der Waals surface area contributed by atoms with Gasteiger partial charge in [-0.1, -0.05) is 17.3 Å². The number of hydrogen-bond donors (Lipinski definition) is 3. The molecule has 25 heavy (non-hydrogen) atoms. The smallest absolute Gasteiger partial charge is 0.316 e. The Bertz CT molecular complexity index is 876. The molecule has 128 valence electrons. The van der Waals surface area contributed by atoms with Crippen molar-refractivity contribution in [3.63, 3.8) is 0 Å². The van der Waals surface area contributed by atoms with Crippen molar-refractivity contribution in [1.29, 1.82) is 0 Å². The van der Waals surface area contributed by atoms with E-state index in [0.717, 1.165) is 4.88 Å². The molecule has 3 amide bonds. The van der Waals surface area contributed by atoms with E-state index in [9.17, 15) is 9.59 Å². The van der Waals surface area contributed by atoms with Crippen LogP contribution < -0.4 is 16.4 Å². The number of rotatable bonds is 6. The molecule has 0 aliphatic rings. The van der Waals surface area contributed by atoms with Crippen molar-refractivity contribution in [2.45, 2.75) is 12.8 Å². The van der Waals surface area contributed by atoms with Crippen molar-refractivity contribution in [1.82, 2.24) is 10.1 Å². The summed E-state index contributed by atoms with van der Waals surface area (Å²) in [6.45, 7) is 0. The van der Waals surface area contributed by atoms with Gasteiger partial charge in [-0.3, -0.25) is 4.79 Å². The lowest BCUT2D eigenvalue weighted by Crippen LogP contribution is -2.19. The van der Waals surface area contributed by atoms with E-state index in [1.54, 1.807) is 24.3 Å². The summed E-state index contributed by atoms with van der Waals surface area (Å²) in [5.74, 6) is 0.727. The maximum atomic E-state index is 12.0. The van der Waals surface area contributed by atoms with Crippen molar-refractivity contribution in [2.75, 3.05) is 10.6 Å². The summed E-state index contributed by atoms with van der Waals surface area (Å²) in [7, 11) is 0. The van der Waals surface area contributed by atoms with Crippen LogP contribution in [0.2, 0.25) is 0 Å². The van der Waals surface area contributed by atoms with Gasteiger partial charge >= 0.3 is 6.03 Å². The molecule has 9 heteroatoms. The van der Waals surface area contributed by atoms with E-state index in [-0.39, 0.29) is 12.3 Å². The number of nitrogens with two attached hydrogens (primary N) is 1. The van der Waals surface area contributed by atoms with Crippen molar-refractivity contribution >= 4 is 34.6 Å². The van der Waals surface area contributed by atoms with Gasteiger partial charge in [-0.05, 0) is 29.6 Å². The number of carbonyl (C=O) groups is 2. The molecule has 3 aromatic rings. The summed E-state index contributed by atoms with van der Waals surface area (Å²) >= 11 is 1.52. The van der Waals surface area contributed by atoms with E-state index in [0.29, 0.717) is 29.5 Å². The predicted molar refractivity (Wildman–Crippen MR) is 94.2 cm³/mol. The highest BCUT2D eigenvalue weighted by molar-refractivity contribution is 7.13. The molecule has 3 rings (SSSR count). The molecule has 0 radical (unpaired) electrons. The van der Waals surface area contributed by atoms with Crippen molar-refractivity contribution in [3.05, 3.63) is 47.7 Å². The average molecular weight is 357 g/mol. The first-order valence-electron chi connectivity index (χ1n) is 7.43. The Labute approximate surface area is 147 Å². The number of benzene rings is 1. The Morgan fingerprint density at radius 3 is 2.68 bits per heavy atom. The summed E-state index contributed by atoms with van der Waals surface area (Å²) in [5, 5.41) is 11.0. The highest BCUT2D eigenvalue weighted by atomic mass is 32.1. The molecule has 0 aliphatic carbocycles. The van der Waals surface area contributed by atoms with Gasteiger partial charge in [-0.15, -0.1) is 11.3 Å². The number of thiophene rings is 1. The number of hydrogen-bond acceptors (Lipinski definition) is 6. The average Bonchev–Trinajstić information content (AvgIpc) is 3.24. The Morgan fingerprint density at radius 1 is 1.16 bits per heavy atom. The van der Waals surface area contributed by atoms with E-state index < -0.39 is 6.03 Å². The quantitative estimate of drug-likeness (QED) is 0.626. The molecule has 8 nitrogen and oxygen atoms in total. The van der Waals surface area contributed by atoms with E-state index in [2.05, 4.69) is 20.8 Å². The molecule has 4 N–H and O–H groups in total. The fourth-order valence-electron chi connectivity index (χ4n) is 2.12. The van der Waals surface area contributed by atoms with Gasteiger partial charge in [0.25, 0.3) is 0 Å². The van der Waals surface area contributed by atoms with Gasteiger partial charge in [0.1, 0.15) is 0 Å². The topological polar surface area (TPSA) is 123 Å². The molecule has 0 saturated heterocycles. The van der Waals surface area contributed by atoms with Crippen LogP contribution in [-0.2, 0) is 11.2 Å². The maximum Gasteiger partial charge on any atom is 0.316 e. The third-order valence-electron chi connectivity index (χ3n) is 3.19.